The summed E-state index contributed by atoms with van der Waals surface area (Å²) in [5, 5.41) is 14.1. The summed E-state index contributed by atoms with van der Waals surface area (Å²) in [5.74, 6) is 1.74. The summed E-state index contributed by atoms with van der Waals surface area (Å²) in [6.45, 7) is 2.24. The number of ether oxygens (including phenoxy) is 2. The first kappa shape index (κ1) is 17.9. The lowest BCUT2D eigenvalue weighted by molar-refractivity contribution is -0.144. The Bertz CT molecular complexity index is 923. The van der Waals surface area contributed by atoms with Gasteiger partial charge in [-0.25, -0.2) is 0 Å². The molecule has 0 radical (unpaired) electrons. The third-order valence-corrected chi connectivity index (χ3v) is 5.08. The van der Waals surface area contributed by atoms with Crippen LogP contribution in [0.15, 0.2) is 18.2 Å². The number of nitriles is 1. The molecule has 0 aliphatic heterocycles. The van der Waals surface area contributed by atoms with E-state index >= 15 is 0 Å². The highest BCUT2D eigenvalue weighted by molar-refractivity contribution is 6.31. The topological polar surface area (TPSA) is 77.1 Å². The molecule has 4 rings (SSSR count). The van der Waals surface area contributed by atoms with Crippen LogP contribution in [-0.4, -0.2) is 22.4 Å². The SMILES string of the molecule is CCOC(=O)Cn1nc(C2CC2)c(Oc2ccc(C#N)c(Cl)c2)c1C1CC1. The van der Waals surface area contributed by atoms with Crippen LogP contribution in [0.4, 0.5) is 0 Å². The van der Waals surface area contributed by atoms with Crippen molar-refractivity contribution in [2.45, 2.75) is 51.0 Å². The van der Waals surface area contributed by atoms with Gasteiger partial charge in [0.25, 0.3) is 0 Å². The van der Waals surface area contributed by atoms with E-state index in [1.165, 1.54) is 0 Å². The van der Waals surface area contributed by atoms with Crippen molar-refractivity contribution < 1.29 is 14.3 Å². The highest BCUT2D eigenvalue weighted by atomic mass is 35.5. The molecule has 140 valence electrons. The minimum absolute atomic E-state index is 0.0941. The van der Waals surface area contributed by atoms with Crippen molar-refractivity contribution in [1.29, 1.82) is 5.26 Å². The maximum Gasteiger partial charge on any atom is 0.327 e. The number of rotatable bonds is 7. The standard InChI is InChI=1S/C20H20ClN3O3/c1-2-26-17(25)11-24-19(13-5-6-13)20(18(23-24)12-3-4-12)27-15-8-7-14(10-22)16(21)9-15/h7-9,12-13H,2-6,11H2,1H3. The van der Waals surface area contributed by atoms with E-state index in [9.17, 15) is 4.79 Å². The summed E-state index contributed by atoms with van der Waals surface area (Å²) < 4.78 is 13.1. The van der Waals surface area contributed by atoms with Crippen LogP contribution in [0.1, 0.15) is 61.4 Å². The second kappa shape index (κ2) is 7.24. The van der Waals surface area contributed by atoms with E-state index < -0.39 is 0 Å². The third kappa shape index (κ3) is 3.79. The molecule has 0 N–H and O–H groups in total. The van der Waals surface area contributed by atoms with Gasteiger partial charge in [0.15, 0.2) is 5.75 Å². The molecule has 1 aromatic carbocycles. The smallest absolute Gasteiger partial charge is 0.327 e. The van der Waals surface area contributed by atoms with Gasteiger partial charge in [0.2, 0.25) is 0 Å². The van der Waals surface area contributed by atoms with Gasteiger partial charge in [-0.05, 0) is 44.7 Å². The summed E-state index contributed by atoms with van der Waals surface area (Å²) in [6.07, 6.45) is 4.27. The molecule has 0 saturated heterocycles. The van der Waals surface area contributed by atoms with Crippen LogP contribution in [0.2, 0.25) is 5.02 Å². The Morgan fingerprint density at radius 2 is 2.07 bits per heavy atom. The normalized spacial score (nSPS) is 16.0. The van der Waals surface area contributed by atoms with E-state index in [0.29, 0.717) is 34.8 Å². The van der Waals surface area contributed by atoms with Crippen LogP contribution in [0.25, 0.3) is 0 Å². The molecule has 0 bridgehead atoms. The van der Waals surface area contributed by atoms with Gasteiger partial charge in [0, 0.05) is 17.9 Å². The van der Waals surface area contributed by atoms with Crippen molar-refractivity contribution in [2.24, 2.45) is 0 Å². The number of nitrogens with zero attached hydrogens (tertiary/aromatic N) is 3. The molecule has 2 aliphatic carbocycles. The van der Waals surface area contributed by atoms with E-state index in [1.807, 2.05) is 6.07 Å². The van der Waals surface area contributed by atoms with Crippen molar-refractivity contribution in [3.63, 3.8) is 0 Å². The largest absolute Gasteiger partial charge is 0.465 e. The van der Waals surface area contributed by atoms with Gasteiger partial charge in [-0.1, -0.05) is 11.6 Å². The minimum Gasteiger partial charge on any atom is -0.465 e. The Kier molecular flexibility index (Phi) is 4.79. The van der Waals surface area contributed by atoms with Crippen molar-refractivity contribution in [3.05, 3.63) is 40.2 Å². The number of hydrogen-bond donors (Lipinski definition) is 0. The molecule has 0 amide bonds. The van der Waals surface area contributed by atoms with Crippen LogP contribution in [0.5, 0.6) is 11.5 Å². The predicted molar refractivity (Wildman–Crippen MR) is 99.1 cm³/mol. The molecular formula is C20H20ClN3O3. The van der Waals surface area contributed by atoms with Crippen LogP contribution in [0.3, 0.4) is 0 Å². The molecule has 27 heavy (non-hydrogen) atoms. The monoisotopic (exact) mass is 385 g/mol. The van der Waals surface area contributed by atoms with Gasteiger partial charge in [0.05, 0.1) is 22.9 Å². The van der Waals surface area contributed by atoms with Crippen LogP contribution >= 0.6 is 11.6 Å². The quantitative estimate of drug-likeness (QED) is 0.655. The van der Waals surface area contributed by atoms with Gasteiger partial charge in [0.1, 0.15) is 24.1 Å². The summed E-state index contributed by atoms with van der Waals surface area (Å²) in [4.78, 5) is 12.0. The summed E-state index contributed by atoms with van der Waals surface area (Å²) in [7, 11) is 0. The molecule has 2 fully saturated rings. The first-order valence-corrected chi connectivity index (χ1v) is 9.62. The van der Waals surface area contributed by atoms with E-state index in [4.69, 9.17) is 31.4 Å². The first-order valence-electron chi connectivity index (χ1n) is 9.24. The van der Waals surface area contributed by atoms with E-state index in [-0.39, 0.29) is 12.5 Å². The molecule has 0 spiro atoms. The molecule has 1 aromatic heterocycles. The van der Waals surface area contributed by atoms with Crippen molar-refractivity contribution in [1.82, 2.24) is 9.78 Å². The maximum absolute atomic E-state index is 12.0. The van der Waals surface area contributed by atoms with Crippen LogP contribution < -0.4 is 4.74 Å². The van der Waals surface area contributed by atoms with Gasteiger partial charge in [-0.15, -0.1) is 0 Å². The number of esters is 1. The second-order valence-electron chi connectivity index (χ2n) is 6.97. The molecule has 6 nitrogen and oxygen atoms in total. The molecular weight excluding hydrogens is 366 g/mol. The molecule has 0 atom stereocenters. The van der Waals surface area contributed by atoms with Crippen LogP contribution in [0, 0.1) is 11.3 Å². The number of carbonyl (C=O) groups is 1. The lowest BCUT2D eigenvalue weighted by Gasteiger charge is -2.11. The molecule has 2 aromatic rings. The van der Waals surface area contributed by atoms with Crippen LogP contribution in [-0.2, 0) is 16.1 Å². The van der Waals surface area contributed by atoms with Gasteiger partial charge < -0.3 is 9.47 Å². The Labute approximate surface area is 162 Å². The zero-order valence-corrected chi connectivity index (χ0v) is 15.8. The summed E-state index contributed by atoms with van der Waals surface area (Å²) in [5.41, 5.74) is 2.28. The zero-order valence-electron chi connectivity index (χ0n) is 15.1. The lowest BCUT2D eigenvalue weighted by Crippen LogP contribution is -2.16. The zero-order chi connectivity index (χ0) is 19.0. The maximum atomic E-state index is 12.0. The third-order valence-electron chi connectivity index (χ3n) is 4.77. The Morgan fingerprint density at radius 3 is 2.67 bits per heavy atom. The first-order chi connectivity index (χ1) is 13.1. The average molecular weight is 386 g/mol. The summed E-state index contributed by atoms with van der Waals surface area (Å²) in [6, 6.07) is 7.08. The molecule has 7 heteroatoms. The Balaban J connectivity index is 1.70. The molecule has 1 heterocycles. The van der Waals surface area contributed by atoms with Gasteiger partial charge in [-0.3, -0.25) is 9.48 Å². The number of aromatic nitrogens is 2. The van der Waals surface area contributed by atoms with Gasteiger partial charge in [-0.2, -0.15) is 10.4 Å². The number of benzene rings is 1. The van der Waals surface area contributed by atoms with E-state index in [0.717, 1.165) is 42.8 Å². The van der Waals surface area contributed by atoms with E-state index in [1.54, 1.807) is 29.8 Å². The fourth-order valence-corrected chi connectivity index (χ4v) is 3.39. The highest BCUT2D eigenvalue weighted by Crippen LogP contribution is 2.52. The molecule has 2 saturated carbocycles. The molecule has 2 aliphatic rings. The van der Waals surface area contributed by atoms with Crippen molar-refractivity contribution in [3.8, 4) is 17.6 Å². The van der Waals surface area contributed by atoms with E-state index in [2.05, 4.69) is 0 Å². The lowest BCUT2D eigenvalue weighted by atomic mass is 10.2. The average Bonchev–Trinajstić information content (AvgIpc) is 3.55. The van der Waals surface area contributed by atoms with Crippen molar-refractivity contribution in [2.75, 3.05) is 6.61 Å². The summed E-state index contributed by atoms with van der Waals surface area (Å²) >= 11 is 6.15. The molecule has 0 unspecified atom stereocenters. The minimum atomic E-state index is -0.294. The Morgan fingerprint density at radius 1 is 1.33 bits per heavy atom. The van der Waals surface area contributed by atoms with Crippen molar-refractivity contribution >= 4 is 17.6 Å². The number of halogens is 1. The Hall–Kier alpha value is -2.52. The second-order valence-corrected chi connectivity index (χ2v) is 7.37. The fraction of sp³-hybridized carbons (Fsp3) is 0.450. The van der Waals surface area contributed by atoms with Gasteiger partial charge >= 0.3 is 5.97 Å². The highest BCUT2D eigenvalue weighted by Gasteiger charge is 2.39. The number of carbonyl (C=O) groups excluding carboxylic acids is 1. The fourth-order valence-electron chi connectivity index (χ4n) is 3.18. The number of hydrogen-bond acceptors (Lipinski definition) is 5. The predicted octanol–water partition coefficient (Wildman–Crippen LogP) is 4.52.